The second kappa shape index (κ2) is 9.02. The standard InChI is InChI=1S/C24H30N4O5S/c1-14-8-23(2,3)13-24(9-14)21(31)28(22(32)27-24)11-19(30)33-12-18(29)26-20-16(10-25)15-6-4-5-7-17(15)34-20/h14H,4-9,11-13H2,1-3H3,(H,26,29)(H,27,32). The van der Waals surface area contributed by atoms with Crippen LogP contribution < -0.4 is 10.6 Å². The van der Waals surface area contributed by atoms with E-state index in [1.165, 1.54) is 11.3 Å². The fraction of sp³-hybridized carbons (Fsp3) is 0.625. The summed E-state index contributed by atoms with van der Waals surface area (Å²) in [6.45, 7) is 5.08. The normalized spacial score (nSPS) is 25.5. The lowest BCUT2D eigenvalue weighted by atomic mass is 9.64. The molecule has 9 nitrogen and oxygen atoms in total. The van der Waals surface area contributed by atoms with Crippen molar-refractivity contribution in [2.45, 2.75) is 71.3 Å². The van der Waals surface area contributed by atoms with Gasteiger partial charge in [-0.05, 0) is 61.8 Å². The zero-order valence-electron chi connectivity index (χ0n) is 19.8. The molecule has 2 fully saturated rings. The van der Waals surface area contributed by atoms with Crippen molar-refractivity contribution in [1.82, 2.24) is 10.2 Å². The molecule has 0 radical (unpaired) electrons. The van der Waals surface area contributed by atoms with Gasteiger partial charge in [-0.3, -0.25) is 19.3 Å². The lowest BCUT2D eigenvalue weighted by Crippen LogP contribution is -2.54. The van der Waals surface area contributed by atoms with E-state index in [1.54, 1.807) is 0 Å². The summed E-state index contributed by atoms with van der Waals surface area (Å²) in [6.07, 6.45) is 5.78. The molecule has 1 aromatic heterocycles. The number of amides is 4. The molecule has 1 aromatic rings. The maximum Gasteiger partial charge on any atom is 0.326 e. The third-order valence-corrected chi connectivity index (χ3v) is 8.02. The van der Waals surface area contributed by atoms with Gasteiger partial charge < -0.3 is 15.4 Å². The molecule has 10 heteroatoms. The van der Waals surface area contributed by atoms with Gasteiger partial charge in [0.2, 0.25) is 0 Å². The number of ether oxygens (including phenoxy) is 1. The van der Waals surface area contributed by atoms with Crippen LogP contribution in [-0.2, 0) is 32.0 Å². The fourth-order valence-corrected chi connectivity index (χ4v) is 7.16. The zero-order chi connectivity index (χ0) is 24.7. The van der Waals surface area contributed by atoms with Gasteiger partial charge in [0.05, 0.1) is 5.56 Å². The van der Waals surface area contributed by atoms with E-state index in [0.717, 1.165) is 47.4 Å². The van der Waals surface area contributed by atoms with Crippen molar-refractivity contribution in [3.05, 3.63) is 16.0 Å². The number of urea groups is 1. The number of anilines is 1. The van der Waals surface area contributed by atoms with Gasteiger partial charge in [0.1, 0.15) is 23.2 Å². The Morgan fingerprint density at radius 1 is 1.26 bits per heavy atom. The molecule has 4 amide bonds. The summed E-state index contributed by atoms with van der Waals surface area (Å²) in [7, 11) is 0. The molecule has 4 rings (SSSR count). The van der Waals surface area contributed by atoms with E-state index >= 15 is 0 Å². The van der Waals surface area contributed by atoms with Crippen molar-refractivity contribution < 1.29 is 23.9 Å². The monoisotopic (exact) mass is 486 g/mol. The number of fused-ring (bicyclic) bond motifs is 1. The van der Waals surface area contributed by atoms with Crippen LogP contribution in [0.15, 0.2) is 0 Å². The summed E-state index contributed by atoms with van der Waals surface area (Å²) in [5.41, 5.74) is 0.368. The molecule has 182 valence electrons. The molecule has 1 saturated carbocycles. The molecule has 2 aliphatic carbocycles. The van der Waals surface area contributed by atoms with E-state index in [4.69, 9.17) is 4.74 Å². The molecule has 34 heavy (non-hydrogen) atoms. The Bertz CT molecular complexity index is 1090. The van der Waals surface area contributed by atoms with E-state index in [9.17, 15) is 24.4 Å². The molecule has 2 atom stereocenters. The molecular formula is C24H30N4O5S. The number of carbonyl (C=O) groups excluding carboxylic acids is 4. The third-order valence-electron chi connectivity index (χ3n) is 6.81. The summed E-state index contributed by atoms with van der Waals surface area (Å²) in [5, 5.41) is 15.5. The highest BCUT2D eigenvalue weighted by atomic mass is 32.1. The van der Waals surface area contributed by atoms with Crippen molar-refractivity contribution in [3.8, 4) is 6.07 Å². The summed E-state index contributed by atoms with van der Waals surface area (Å²) >= 11 is 1.39. The lowest BCUT2D eigenvalue weighted by Gasteiger charge is -2.43. The molecule has 0 aromatic carbocycles. The number of hydrogen-bond donors (Lipinski definition) is 2. The highest BCUT2D eigenvalue weighted by Crippen LogP contribution is 2.46. The highest BCUT2D eigenvalue weighted by molar-refractivity contribution is 7.16. The SMILES string of the molecule is CC1CC(C)(C)CC2(C1)NC(=O)N(CC(=O)OCC(=O)Nc1sc3c(c1C#N)CCCC3)C2=O. The fourth-order valence-electron chi connectivity index (χ4n) is 5.91. The molecule has 3 aliphatic rings. The van der Waals surface area contributed by atoms with Gasteiger partial charge in [0, 0.05) is 4.88 Å². The van der Waals surface area contributed by atoms with Crippen LogP contribution in [0.5, 0.6) is 0 Å². The smallest absolute Gasteiger partial charge is 0.326 e. The largest absolute Gasteiger partial charge is 0.454 e. The quantitative estimate of drug-likeness (QED) is 0.486. The van der Waals surface area contributed by atoms with Crippen LogP contribution in [0.2, 0.25) is 0 Å². The molecule has 1 saturated heterocycles. The summed E-state index contributed by atoms with van der Waals surface area (Å²) in [5.74, 6) is -1.57. The first kappa shape index (κ1) is 24.2. The number of imide groups is 1. The molecule has 2 heterocycles. The molecule has 2 unspecified atom stereocenters. The molecule has 1 spiro atoms. The van der Waals surface area contributed by atoms with Crippen molar-refractivity contribution in [1.29, 1.82) is 5.26 Å². The van der Waals surface area contributed by atoms with E-state index in [1.807, 2.05) is 0 Å². The van der Waals surface area contributed by atoms with E-state index in [-0.39, 0.29) is 11.3 Å². The number of hydrogen-bond acceptors (Lipinski definition) is 7. The van der Waals surface area contributed by atoms with Crippen LogP contribution in [0.4, 0.5) is 9.80 Å². The number of carbonyl (C=O) groups is 4. The van der Waals surface area contributed by atoms with Crippen LogP contribution in [0.3, 0.4) is 0 Å². The molecule has 1 aliphatic heterocycles. The Hall–Kier alpha value is -2.93. The summed E-state index contributed by atoms with van der Waals surface area (Å²) < 4.78 is 5.04. The summed E-state index contributed by atoms with van der Waals surface area (Å²) in [4.78, 5) is 52.4. The molecule has 0 bridgehead atoms. The number of rotatable bonds is 5. The van der Waals surface area contributed by atoms with Gasteiger partial charge in [-0.15, -0.1) is 11.3 Å². The van der Waals surface area contributed by atoms with Crippen LogP contribution in [0.1, 0.15) is 68.9 Å². The second-order valence-corrected chi connectivity index (χ2v) is 11.6. The minimum atomic E-state index is -0.998. The second-order valence-electron chi connectivity index (χ2n) is 10.5. The van der Waals surface area contributed by atoms with Gasteiger partial charge in [-0.2, -0.15) is 5.26 Å². The van der Waals surface area contributed by atoms with Gasteiger partial charge in [0.25, 0.3) is 11.8 Å². The van der Waals surface area contributed by atoms with Crippen molar-refractivity contribution >= 4 is 40.2 Å². The number of thiophene rings is 1. The maximum atomic E-state index is 13.1. The third kappa shape index (κ3) is 4.67. The minimum Gasteiger partial charge on any atom is -0.454 e. The van der Waals surface area contributed by atoms with E-state index in [2.05, 4.69) is 37.5 Å². The number of esters is 1. The Balaban J connectivity index is 1.33. The lowest BCUT2D eigenvalue weighted by molar-refractivity contribution is -0.150. The number of nitrogens with one attached hydrogen (secondary N) is 2. The first-order chi connectivity index (χ1) is 16.0. The van der Waals surface area contributed by atoms with Gasteiger partial charge in [-0.1, -0.05) is 20.8 Å². The first-order valence-electron chi connectivity index (χ1n) is 11.7. The van der Waals surface area contributed by atoms with Gasteiger partial charge in [-0.25, -0.2) is 4.79 Å². The average molecular weight is 487 g/mol. The zero-order valence-corrected chi connectivity index (χ0v) is 20.6. The van der Waals surface area contributed by atoms with Crippen LogP contribution in [-0.4, -0.2) is 47.4 Å². The Kier molecular flexibility index (Phi) is 6.42. The number of nitriles is 1. The van der Waals surface area contributed by atoms with Crippen molar-refractivity contribution in [3.63, 3.8) is 0 Å². The van der Waals surface area contributed by atoms with Gasteiger partial charge in [0.15, 0.2) is 6.61 Å². The predicted molar refractivity (Wildman–Crippen MR) is 125 cm³/mol. The Morgan fingerprint density at radius 2 is 2.00 bits per heavy atom. The van der Waals surface area contributed by atoms with Crippen molar-refractivity contribution in [2.24, 2.45) is 11.3 Å². The molecule has 2 N–H and O–H groups in total. The molecular weight excluding hydrogens is 456 g/mol. The minimum absolute atomic E-state index is 0.113. The van der Waals surface area contributed by atoms with E-state index < -0.39 is 42.5 Å². The topological polar surface area (TPSA) is 129 Å². The van der Waals surface area contributed by atoms with Gasteiger partial charge >= 0.3 is 12.0 Å². The number of nitrogens with zero attached hydrogens (tertiary/aromatic N) is 2. The average Bonchev–Trinajstić information content (AvgIpc) is 3.19. The number of aryl methyl sites for hydroxylation is 1. The maximum absolute atomic E-state index is 13.1. The van der Waals surface area contributed by atoms with Crippen LogP contribution in [0.25, 0.3) is 0 Å². The van der Waals surface area contributed by atoms with Crippen LogP contribution >= 0.6 is 11.3 Å². The Labute approximate surface area is 202 Å². The van der Waals surface area contributed by atoms with E-state index in [0.29, 0.717) is 23.4 Å². The first-order valence-corrected chi connectivity index (χ1v) is 12.5. The summed E-state index contributed by atoms with van der Waals surface area (Å²) in [6, 6.07) is 1.56. The highest BCUT2D eigenvalue weighted by Gasteiger charge is 2.56. The Morgan fingerprint density at radius 3 is 2.71 bits per heavy atom. The van der Waals surface area contributed by atoms with Crippen LogP contribution in [0, 0.1) is 22.7 Å². The van der Waals surface area contributed by atoms with Crippen molar-refractivity contribution in [2.75, 3.05) is 18.5 Å². The predicted octanol–water partition coefficient (Wildman–Crippen LogP) is 3.12.